The lowest BCUT2D eigenvalue weighted by molar-refractivity contribution is -1.05. The Morgan fingerprint density at radius 1 is 2.00 bits per heavy atom. The molecule has 0 aliphatic heterocycles. The van der Waals surface area contributed by atoms with Gasteiger partial charge in [-0.15, -0.1) is 0 Å². The standard InChI is InChI=1S/C3H6IN2O/c1-2-3(7)6(4)5/h5H,2H2,1H3. The van der Waals surface area contributed by atoms with Gasteiger partial charge in [0.2, 0.25) is 0 Å². The third kappa shape index (κ3) is 2.67. The maximum Gasteiger partial charge on any atom is 0.385 e. The molecule has 0 bridgehead atoms. The lowest BCUT2D eigenvalue weighted by Crippen LogP contribution is -3.39. The molecular formula is C3H6IN2O. The highest BCUT2D eigenvalue weighted by Gasteiger charge is 1.98. The molecule has 41 valence electrons. The number of hydrogen-bond acceptors (Lipinski definition) is 2. The van der Waals surface area contributed by atoms with Gasteiger partial charge in [0.25, 0.3) is 0 Å². The molecule has 0 spiro atoms. The number of carbonyl (C=O) groups is 1. The van der Waals surface area contributed by atoms with Gasteiger partial charge in [0, 0.05) is 0 Å². The summed E-state index contributed by atoms with van der Waals surface area (Å²) in [5.41, 5.74) is 6.65. The van der Waals surface area contributed by atoms with Gasteiger partial charge in [-0.2, -0.15) is 0 Å². The zero-order valence-corrected chi connectivity index (χ0v) is 6.10. The fraction of sp³-hybridized carbons (Fsp3) is 0.667. The second-order valence-electron chi connectivity index (χ2n) is 1.03. The number of nitrogens with one attached hydrogen (secondary N) is 1. The van der Waals surface area contributed by atoms with Crippen molar-refractivity contribution in [2.45, 2.75) is 13.3 Å². The molecule has 0 unspecified atom stereocenters. The number of nitrogens with zero attached hydrogens (tertiary/aromatic N) is 1. The van der Waals surface area contributed by atoms with Crippen molar-refractivity contribution in [3.8, 4) is 0 Å². The number of carbonyl (C=O) groups excluding carboxylic acids is 1. The van der Waals surface area contributed by atoms with Crippen molar-refractivity contribution in [1.82, 2.24) is 0 Å². The maximum atomic E-state index is 10.2. The third-order valence-electron chi connectivity index (χ3n) is 0.521. The average Bonchev–Trinajstić information content (AvgIpc) is 1.65. The minimum Gasteiger partial charge on any atom is -0.323 e. The highest BCUT2D eigenvalue weighted by atomic mass is 127. The van der Waals surface area contributed by atoms with Gasteiger partial charge >= 0.3 is 5.91 Å². The van der Waals surface area contributed by atoms with Crippen molar-refractivity contribution >= 4 is 5.91 Å². The normalized spacial score (nSPS) is 8.29. The highest BCUT2D eigenvalue weighted by molar-refractivity contribution is 5.65. The van der Waals surface area contributed by atoms with E-state index >= 15 is 0 Å². The molecule has 0 heterocycles. The van der Waals surface area contributed by atoms with Crippen molar-refractivity contribution in [1.29, 1.82) is 5.53 Å². The summed E-state index contributed by atoms with van der Waals surface area (Å²) in [5.74, 6) is -0.166. The molecule has 0 aliphatic rings. The van der Waals surface area contributed by atoms with Gasteiger partial charge in [-0.05, 0) is 0 Å². The van der Waals surface area contributed by atoms with Gasteiger partial charge in [-0.1, -0.05) is 12.5 Å². The summed E-state index contributed by atoms with van der Waals surface area (Å²) in [6, 6.07) is 0. The SMILES string of the molecule is CCC(=O)[N+](=N)[I-]. The summed E-state index contributed by atoms with van der Waals surface area (Å²) in [6.07, 6.45) is 0.409. The molecule has 0 aromatic heterocycles. The van der Waals surface area contributed by atoms with Crippen molar-refractivity contribution in [2.24, 2.45) is 0 Å². The van der Waals surface area contributed by atoms with Crippen molar-refractivity contribution in [2.75, 3.05) is 0 Å². The molecule has 0 fully saturated rings. The van der Waals surface area contributed by atoms with E-state index in [4.69, 9.17) is 5.53 Å². The molecule has 0 aliphatic carbocycles. The Bertz CT molecular complexity index is 101. The monoisotopic (exact) mass is 213 g/mol. The Balaban J connectivity index is 3.58. The van der Waals surface area contributed by atoms with E-state index < -0.39 is 0 Å². The molecule has 0 atom stereocenters. The van der Waals surface area contributed by atoms with Gasteiger partial charge in [0.15, 0.2) is 0 Å². The van der Waals surface area contributed by atoms with Gasteiger partial charge in [0.1, 0.15) is 0 Å². The van der Waals surface area contributed by atoms with Crippen molar-refractivity contribution < 1.29 is 30.6 Å². The van der Waals surface area contributed by atoms with E-state index in [0.29, 0.717) is 6.42 Å². The number of hydrogen-bond donors (Lipinski definition) is 1. The van der Waals surface area contributed by atoms with E-state index in [1.165, 1.54) is 0 Å². The van der Waals surface area contributed by atoms with Crippen LogP contribution >= 0.6 is 0 Å². The first-order valence-corrected chi connectivity index (χ1v) is 2.85. The molecule has 1 N–H and O–H groups in total. The van der Waals surface area contributed by atoms with Crippen molar-refractivity contribution in [3.63, 3.8) is 0 Å². The number of halogens is 1. The van der Waals surface area contributed by atoms with E-state index in [1.807, 2.05) is 0 Å². The lowest BCUT2D eigenvalue weighted by atomic mass is 10.5. The van der Waals surface area contributed by atoms with Gasteiger partial charge in [0.05, 0.1) is 6.42 Å². The smallest absolute Gasteiger partial charge is 0.323 e. The summed E-state index contributed by atoms with van der Waals surface area (Å²) in [5, 5.41) is 0. The quantitative estimate of drug-likeness (QED) is 0.290. The van der Waals surface area contributed by atoms with Crippen LogP contribution in [0.1, 0.15) is 13.3 Å². The third-order valence-corrected chi connectivity index (χ3v) is 1.06. The van der Waals surface area contributed by atoms with Crippen LogP contribution in [0.15, 0.2) is 0 Å². The van der Waals surface area contributed by atoms with Gasteiger partial charge < -0.3 is 22.9 Å². The van der Waals surface area contributed by atoms with E-state index in [0.717, 1.165) is 2.91 Å². The second kappa shape index (κ2) is 3.06. The number of rotatable bonds is 1. The largest absolute Gasteiger partial charge is 0.385 e. The van der Waals surface area contributed by atoms with Crippen LogP contribution in [0.5, 0.6) is 0 Å². The highest BCUT2D eigenvalue weighted by Crippen LogP contribution is 1.72. The van der Waals surface area contributed by atoms with Gasteiger partial charge in [-0.25, -0.2) is 7.71 Å². The topological polar surface area (TPSA) is 43.9 Å². The van der Waals surface area contributed by atoms with E-state index in [1.54, 1.807) is 29.8 Å². The lowest BCUT2D eigenvalue weighted by Gasteiger charge is -1.89. The molecule has 0 saturated carbocycles. The van der Waals surface area contributed by atoms with Crippen LogP contribution in [0.3, 0.4) is 0 Å². The first kappa shape index (κ1) is 7.00. The molecule has 0 saturated heterocycles. The first-order chi connectivity index (χ1) is 3.18. The molecule has 0 rings (SSSR count). The van der Waals surface area contributed by atoms with Crippen LogP contribution in [0.25, 0.3) is 0 Å². The summed E-state index contributed by atoms with van der Waals surface area (Å²) < 4.78 is 0.803. The fourth-order valence-corrected chi connectivity index (χ4v) is 0.480. The van der Waals surface area contributed by atoms with Crippen LogP contribution in [0.4, 0.5) is 0 Å². The zero-order chi connectivity index (χ0) is 5.86. The molecule has 1 amide bonds. The Labute approximate surface area is 55.7 Å². The predicted molar refractivity (Wildman–Crippen MR) is 18.3 cm³/mol. The molecule has 7 heavy (non-hydrogen) atoms. The Morgan fingerprint density at radius 2 is 2.43 bits per heavy atom. The molecular weight excluding hydrogens is 207 g/mol. The molecule has 4 heteroatoms. The van der Waals surface area contributed by atoms with E-state index in [9.17, 15) is 4.79 Å². The maximum absolute atomic E-state index is 10.2. The molecule has 1 radical (unpaired) electrons. The summed E-state index contributed by atoms with van der Waals surface area (Å²) in [7, 11) is 0. The van der Waals surface area contributed by atoms with Crippen LogP contribution < -0.4 is 22.9 Å². The Morgan fingerprint density at radius 3 is 2.43 bits per heavy atom. The predicted octanol–water partition coefficient (Wildman–Crippen LogP) is -2.57. The summed E-state index contributed by atoms with van der Waals surface area (Å²) in [6.45, 7) is 1.72. The second-order valence-corrected chi connectivity index (χ2v) is 1.99. The average molecular weight is 213 g/mol. The van der Waals surface area contributed by atoms with Gasteiger partial charge in [-0.3, -0.25) is 0 Å². The fourth-order valence-electron chi connectivity index (χ4n) is 0.139. The molecule has 3 nitrogen and oxygen atoms in total. The van der Waals surface area contributed by atoms with Crippen LogP contribution in [-0.4, -0.2) is 8.82 Å². The summed E-state index contributed by atoms with van der Waals surface area (Å²) >= 11 is 1.62. The first-order valence-electron chi connectivity index (χ1n) is 1.88. The Hall–Kier alpha value is 0. The van der Waals surface area contributed by atoms with Crippen LogP contribution in [0.2, 0.25) is 0 Å². The van der Waals surface area contributed by atoms with E-state index in [-0.39, 0.29) is 5.91 Å². The van der Waals surface area contributed by atoms with Crippen molar-refractivity contribution in [3.05, 3.63) is 0 Å². The van der Waals surface area contributed by atoms with E-state index in [2.05, 4.69) is 0 Å². The van der Waals surface area contributed by atoms with Crippen LogP contribution in [0, 0.1) is 5.53 Å². The minimum absolute atomic E-state index is 0.166. The number of amides is 1. The zero-order valence-electron chi connectivity index (χ0n) is 3.94. The minimum atomic E-state index is -0.166. The molecule has 0 aromatic rings. The molecule has 0 aromatic carbocycles. The Kier molecular flexibility index (Phi) is 3.06. The van der Waals surface area contributed by atoms with Crippen LogP contribution in [-0.2, 0) is 4.79 Å². The summed E-state index contributed by atoms with van der Waals surface area (Å²) in [4.78, 5) is 10.2.